The average Bonchev–Trinajstić information content (AvgIpc) is 2.00. The van der Waals surface area contributed by atoms with E-state index in [0.29, 0.717) is 12.0 Å². The van der Waals surface area contributed by atoms with Crippen LogP contribution in [0.25, 0.3) is 0 Å². The Morgan fingerprint density at radius 1 is 1.42 bits per heavy atom. The maximum absolute atomic E-state index is 3.80. The highest BCUT2D eigenvalue weighted by atomic mass is 14.9. The molecule has 0 aromatic rings. The Morgan fingerprint density at radius 3 is 2.42 bits per heavy atom. The van der Waals surface area contributed by atoms with E-state index in [-0.39, 0.29) is 0 Å². The molecular formula is C10H22N2. The van der Waals surface area contributed by atoms with E-state index in [1.165, 1.54) is 6.42 Å². The first-order chi connectivity index (χ1) is 5.56. The Morgan fingerprint density at radius 2 is 2.00 bits per heavy atom. The molecule has 2 N–H and O–H groups in total. The van der Waals surface area contributed by atoms with Crippen LogP contribution in [0.15, 0.2) is 12.3 Å². The van der Waals surface area contributed by atoms with E-state index >= 15 is 0 Å². The molecule has 0 fully saturated rings. The lowest BCUT2D eigenvalue weighted by atomic mass is 10.0. The van der Waals surface area contributed by atoms with Gasteiger partial charge in [0.05, 0.1) is 0 Å². The molecule has 0 aliphatic rings. The third kappa shape index (κ3) is 6.23. The third-order valence-corrected chi connectivity index (χ3v) is 2.00. The van der Waals surface area contributed by atoms with E-state index in [1.54, 1.807) is 0 Å². The maximum Gasteiger partial charge on any atom is 0.0169 e. The monoisotopic (exact) mass is 170 g/mol. The second-order valence-electron chi connectivity index (χ2n) is 3.69. The summed E-state index contributed by atoms with van der Waals surface area (Å²) in [5.41, 5.74) is 1.05. The fourth-order valence-corrected chi connectivity index (χ4v) is 1.15. The van der Waals surface area contributed by atoms with Crippen molar-refractivity contribution in [3.05, 3.63) is 12.3 Å². The van der Waals surface area contributed by atoms with Gasteiger partial charge in [0.15, 0.2) is 0 Å². The lowest BCUT2D eigenvalue weighted by Gasteiger charge is -2.17. The second-order valence-corrected chi connectivity index (χ2v) is 3.69. The third-order valence-electron chi connectivity index (χ3n) is 2.00. The van der Waals surface area contributed by atoms with Gasteiger partial charge in [0.25, 0.3) is 0 Å². The number of allylic oxidation sites excluding steroid dienone is 1. The van der Waals surface area contributed by atoms with Crippen LogP contribution in [-0.2, 0) is 0 Å². The van der Waals surface area contributed by atoms with E-state index in [0.717, 1.165) is 12.2 Å². The summed E-state index contributed by atoms with van der Waals surface area (Å²) in [5.74, 6) is 0.698. The summed E-state index contributed by atoms with van der Waals surface area (Å²) in [4.78, 5) is 0. The van der Waals surface area contributed by atoms with Gasteiger partial charge in [-0.05, 0) is 33.2 Å². The van der Waals surface area contributed by atoms with Crippen molar-refractivity contribution < 1.29 is 0 Å². The van der Waals surface area contributed by atoms with Gasteiger partial charge >= 0.3 is 0 Å². The summed E-state index contributed by atoms with van der Waals surface area (Å²) in [6.45, 7) is 11.3. The number of hydrogen-bond donors (Lipinski definition) is 2. The summed E-state index contributed by atoms with van der Waals surface area (Å²) in [7, 11) is 2.00. The molecule has 0 heterocycles. The Bertz CT molecular complexity index is 132. The summed E-state index contributed by atoms with van der Waals surface area (Å²) in [6.07, 6.45) is 1.21. The molecule has 0 saturated heterocycles. The number of rotatable bonds is 6. The number of hydrogen-bond acceptors (Lipinski definition) is 2. The Balaban J connectivity index is 3.45. The van der Waals surface area contributed by atoms with Crippen molar-refractivity contribution >= 4 is 0 Å². The van der Waals surface area contributed by atoms with Crippen LogP contribution in [-0.4, -0.2) is 19.6 Å². The average molecular weight is 170 g/mol. The van der Waals surface area contributed by atoms with Gasteiger partial charge in [-0.15, -0.1) is 0 Å². The summed E-state index contributed by atoms with van der Waals surface area (Å²) >= 11 is 0. The molecule has 0 rings (SSSR count). The van der Waals surface area contributed by atoms with E-state index in [9.17, 15) is 0 Å². The summed E-state index contributed by atoms with van der Waals surface area (Å²) in [5, 5.41) is 6.49. The Labute approximate surface area is 76.4 Å². The standard InChI is InChI=1S/C10H22N2/c1-8(2)12-7-9(3)6-10(4)11-5/h9-12H,1,6-7H2,2-5H3. The molecule has 0 amide bonds. The summed E-state index contributed by atoms with van der Waals surface area (Å²) in [6, 6.07) is 0.604. The van der Waals surface area contributed by atoms with Crippen LogP contribution in [0.4, 0.5) is 0 Å². The fourth-order valence-electron chi connectivity index (χ4n) is 1.15. The molecule has 2 heteroatoms. The molecule has 2 nitrogen and oxygen atoms in total. The molecule has 72 valence electrons. The molecule has 2 atom stereocenters. The lowest BCUT2D eigenvalue weighted by molar-refractivity contribution is 0.430. The van der Waals surface area contributed by atoms with Gasteiger partial charge in [0.1, 0.15) is 0 Å². The molecule has 0 spiro atoms. The molecule has 0 aliphatic heterocycles. The highest BCUT2D eigenvalue weighted by molar-refractivity contribution is 4.84. The predicted molar refractivity (Wildman–Crippen MR) is 55.1 cm³/mol. The van der Waals surface area contributed by atoms with Crippen molar-refractivity contribution in [3.8, 4) is 0 Å². The molecule has 0 aromatic heterocycles. The van der Waals surface area contributed by atoms with Crippen molar-refractivity contribution in [2.75, 3.05) is 13.6 Å². The molecule has 12 heavy (non-hydrogen) atoms. The van der Waals surface area contributed by atoms with Crippen LogP contribution in [0.1, 0.15) is 27.2 Å². The molecule has 0 bridgehead atoms. The minimum atomic E-state index is 0.604. The van der Waals surface area contributed by atoms with Gasteiger partial charge in [-0.2, -0.15) is 0 Å². The Hall–Kier alpha value is -0.500. The Kier molecular flexibility index (Phi) is 5.81. The van der Waals surface area contributed by atoms with Gasteiger partial charge in [-0.3, -0.25) is 0 Å². The zero-order valence-corrected chi connectivity index (χ0v) is 8.78. The lowest BCUT2D eigenvalue weighted by Crippen LogP contribution is -2.28. The zero-order valence-electron chi connectivity index (χ0n) is 8.78. The van der Waals surface area contributed by atoms with Gasteiger partial charge < -0.3 is 10.6 Å². The molecular weight excluding hydrogens is 148 g/mol. The van der Waals surface area contributed by atoms with Crippen molar-refractivity contribution in [1.82, 2.24) is 10.6 Å². The van der Waals surface area contributed by atoms with E-state index in [4.69, 9.17) is 0 Å². The van der Waals surface area contributed by atoms with Crippen LogP contribution < -0.4 is 10.6 Å². The van der Waals surface area contributed by atoms with Crippen LogP contribution in [0.3, 0.4) is 0 Å². The second kappa shape index (κ2) is 6.06. The van der Waals surface area contributed by atoms with Crippen molar-refractivity contribution in [2.45, 2.75) is 33.2 Å². The van der Waals surface area contributed by atoms with Crippen molar-refractivity contribution in [3.63, 3.8) is 0 Å². The smallest absolute Gasteiger partial charge is 0.0169 e. The molecule has 0 radical (unpaired) electrons. The van der Waals surface area contributed by atoms with Gasteiger partial charge in [-0.1, -0.05) is 13.5 Å². The first kappa shape index (κ1) is 11.5. The normalized spacial score (nSPS) is 15.3. The molecule has 0 aromatic carbocycles. The molecule has 2 unspecified atom stereocenters. The minimum Gasteiger partial charge on any atom is -0.389 e. The quantitative estimate of drug-likeness (QED) is 0.634. The van der Waals surface area contributed by atoms with Crippen LogP contribution >= 0.6 is 0 Å². The fraction of sp³-hybridized carbons (Fsp3) is 0.800. The first-order valence-electron chi connectivity index (χ1n) is 4.63. The van der Waals surface area contributed by atoms with Gasteiger partial charge in [0, 0.05) is 18.3 Å². The topological polar surface area (TPSA) is 24.1 Å². The van der Waals surface area contributed by atoms with Crippen LogP contribution in [0.5, 0.6) is 0 Å². The van der Waals surface area contributed by atoms with Crippen molar-refractivity contribution in [1.29, 1.82) is 0 Å². The minimum absolute atomic E-state index is 0.604. The largest absolute Gasteiger partial charge is 0.389 e. The van der Waals surface area contributed by atoms with Crippen molar-refractivity contribution in [2.24, 2.45) is 5.92 Å². The first-order valence-corrected chi connectivity index (χ1v) is 4.63. The van der Waals surface area contributed by atoms with E-state index < -0.39 is 0 Å². The SMILES string of the molecule is C=C(C)NCC(C)CC(C)NC. The highest BCUT2D eigenvalue weighted by Crippen LogP contribution is 2.04. The predicted octanol–water partition coefficient (Wildman–Crippen LogP) is 1.74. The highest BCUT2D eigenvalue weighted by Gasteiger charge is 2.05. The van der Waals surface area contributed by atoms with Gasteiger partial charge in [0.2, 0.25) is 0 Å². The molecule has 0 aliphatic carbocycles. The van der Waals surface area contributed by atoms with E-state index in [2.05, 4.69) is 31.1 Å². The van der Waals surface area contributed by atoms with E-state index in [1.807, 2.05) is 14.0 Å². The zero-order chi connectivity index (χ0) is 9.56. The number of nitrogens with one attached hydrogen (secondary N) is 2. The maximum atomic E-state index is 3.80. The van der Waals surface area contributed by atoms with Crippen LogP contribution in [0, 0.1) is 5.92 Å². The summed E-state index contributed by atoms with van der Waals surface area (Å²) < 4.78 is 0. The molecule has 0 saturated carbocycles. The van der Waals surface area contributed by atoms with Crippen LogP contribution in [0.2, 0.25) is 0 Å². The van der Waals surface area contributed by atoms with Gasteiger partial charge in [-0.25, -0.2) is 0 Å².